The van der Waals surface area contributed by atoms with Gasteiger partial charge in [-0.2, -0.15) is 0 Å². The molecule has 1 aromatic heterocycles. The Kier molecular flexibility index (Phi) is 3.76. The summed E-state index contributed by atoms with van der Waals surface area (Å²) in [4.78, 5) is 25.0. The molecule has 2 heterocycles. The molecule has 0 aliphatic carbocycles. The van der Waals surface area contributed by atoms with Crippen LogP contribution in [0.1, 0.15) is 35.3 Å². The maximum Gasteiger partial charge on any atom is 0.405 e. The molecule has 0 radical (unpaired) electrons. The Morgan fingerprint density at radius 1 is 1.68 bits per heavy atom. The minimum absolute atomic E-state index is 0.0682. The molecule has 0 saturated heterocycles. The van der Waals surface area contributed by atoms with E-state index in [0.29, 0.717) is 18.5 Å². The highest BCUT2D eigenvalue weighted by molar-refractivity contribution is 5.96. The highest BCUT2D eigenvalue weighted by Gasteiger charge is 2.25. The van der Waals surface area contributed by atoms with Gasteiger partial charge in [-0.1, -0.05) is 5.92 Å². The molecule has 0 fully saturated rings. The summed E-state index contributed by atoms with van der Waals surface area (Å²) in [5.41, 5.74) is 1.56. The molecule has 4 N–H and O–H groups in total. The predicted octanol–water partition coefficient (Wildman–Crippen LogP) is 0.891. The highest BCUT2D eigenvalue weighted by atomic mass is 16.4. The average molecular weight is 261 g/mol. The van der Waals surface area contributed by atoms with Gasteiger partial charge in [0.15, 0.2) is 0 Å². The van der Waals surface area contributed by atoms with Gasteiger partial charge in [0.25, 0.3) is 5.91 Å². The van der Waals surface area contributed by atoms with E-state index in [2.05, 4.69) is 27.5 Å². The summed E-state index contributed by atoms with van der Waals surface area (Å²) in [7, 11) is 0. The second kappa shape index (κ2) is 5.48. The first kappa shape index (κ1) is 13.0. The normalized spacial score (nSPS) is 18.6. The number of fused-ring (bicyclic) bond motifs is 1. The molecule has 0 bridgehead atoms. The van der Waals surface area contributed by atoms with Crippen LogP contribution in [-0.4, -0.2) is 34.7 Å². The molecular formula is C13H15N3O3. The van der Waals surface area contributed by atoms with Crippen LogP contribution in [0.25, 0.3) is 0 Å². The Hall–Kier alpha value is -2.42. The van der Waals surface area contributed by atoms with Gasteiger partial charge < -0.3 is 20.7 Å². The molecule has 2 rings (SSSR count). The van der Waals surface area contributed by atoms with E-state index in [1.54, 1.807) is 19.2 Å². The van der Waals surface area contributed by atoms with Crippen LogP contribution >= 0.6 is 0 Å². The van der Waals surface area contributed by atoms with E-state index >= 15 is 0 Å². The molecule has 1 aromatic rings. The summed E-state index contributed by atoms with van der Waals surface area (Å²) in [5.74, 6) is 5.84. The van der Waals surface area contributed by atoms with E-state index in [0.717, 1.165) is 5.69 Å². The molecule has 6 nitrogen and oxygen atoms in total. The summed E-state index contributed by atoms with van der Waals surface area (Å²) in [6.07, 6.45) is 1.22. The maximum atomic E-state index is 11.6. The number of amides is 2. The molecule has 0 saturated carbocycles. The number of nitrogens with one attached hydrogen (secondary N) is 3. The van der Waals surface area contributed by atoms with Gasteiger partial charge in [0.05, 0.1) is 11.6 Å². The quantitative estimate of drug-likeness (QED) is 0.595. The molecule has 0 aromatic carbocycles. The Morgan fingerprint density at radius 3 is 3.21 bits per heavy atom. The lowest BCUT2D eigenvalue weighted by molar-refractivity contribution is 0.0940. The standard InChI is InChI=1S/C13H15N3O3/c1-8(16-13(18)19)3-2-4-9-7-15-12(17)10-5-6-14-11(9)10/h5-6,8-9,14,16H,4,7H2,1H3,(H,15,17)(H,18,19)/t8-,9?/m1/s1. The zero-order chi connectivity index (χ0) is 13.8. The van der Waals surface area contributed by atoms with Gasteiger partial charge in [-0.25, -0.2) is 4.79 Å². The summed E-state index contributed by atoms with van der Waals surface area (Å²) in [5, 5.41) is 13.6. The van der Waals surface area contributed by atoms with Gasteiger partial charge in [-0.15, -0.1) is 5.92 Å². The number of rotatable bonds is 2. The van der Waals surface area contributed by atoms with Gasteiger partial charge in [-0.3, -0.25) is 4.79 Å². The topological polar surface area (TPSA) is 94.2 Å². The average Bonchev–Trinajstić information content (AvgIpc) is 2.81. The van der Waals surface area contributed by atoms with Crippen LogP contribution in [0.5, 0.6) is 0 Å². The third-order valence-electron chi connectivity index (χ3n) is 2.95. The first-order valence-corrected chi connectivity index (χ1v) is 6.01. The fourth-order valence-electron chi connectivity index (χ4n) is 2.06. The first-order chi connectivity index (χ1) is 9.08. The molecule has 0 spiro atoms. The fourth-order valence-corrected chi connectivity index (χ4v) is 2.06. The van der Waals surface area contributed by atoms with Crippen molar-refractivity contribution in [1.29, 1.82) is 0 Å². The molecule has 6 heteroatoms. The van der Waals surface area contributed by atoms with E-state index in [1.165, 1.54) is 0 Å². The SMILES string of the molecule is C[C@H](C#CCC1CNC(=O)c2cc[nH]c21)NC(=O)O. The monoisotopic (exact) mass is 261 g/mol. The molecule has 100 valence electrons. The van der Waals surface area contributed by atoms with Crippen molar-refractivity contribution in [3.8, 4) is 11.8 Å². The van der Waals surface area contributed by atoms with E-state index in [4.69, 9.17) is 5.11 Å². The van der Waals surface area contributed by atoms with E-state index in [9.17, 15) is 9.59 Å². The van der Waals surface area contributed by atoms with Crippen molar-refractivity contribution in [2.75, 3.05) is 6.54 Å². The van der Waals surface area contributed by atoms with Crippen molar-refractivity contribution >= 4 is 12.0 Å². The number of carbonyl (C=O) groups excluding carboxylic acids is 1. The van der Waals surface area contributed by atoms with Gasteiger partial charge in [0.1, 0.15) is 0 Å². The second-order valence-corrected chi connectivity index (χ2v) is 4.41. The van der Waals surface area contributed by atoms with Gasteiger partial charge in [-0.05, 0) is 13.0 Å². The Labute approximate surface area is 110 Å². The van der Waals surface area contributed by atoms with E-state index < -0.39 is 12.1 Å². The number of hydrogen-bond acceptors (Lipinski definition) is 2. The minimum atomic E-state index is -1.08. The number of carboxylic acid groups (broad SMARTS) is 1. The lowest BCUT2D eigenvalue weighted by Gasteiger charge is -2.21. The Morgan fingerprint density at radius 2 is 2.47 bits per heavy atom. The minimum Gasteiger partial charge on any atom is -0.465 e. The van der Waals surface area contributed by atoms with E-state index in [1.807, 2.05) is 0 Å². The second-order valence-electron chi connectivity index (χ2n) is 4.41. The van der Waals surface area contributed by atoms with Crippen LogP contribution in [0, 0.1) is 11.8 Å². The zero-order valence-electron chi connectivity index (χ0n) is 10.5. The number of H-pyrrole nitrogens is 1. The molecule has 2 amide bonds. The third-order valence-corrected chi connectivity index (χ3v) is 2.95. The molecule has 2 atom stereocenters. The summed E-state index contributed by atoms with van der Waals surface area (Å²) in [6, 6.07) is 1.34. The van der Waals surface area contributed by atoms with Crippen LogP contribution in [0.2, 0.25) is 0 Å². The van der Waals surface area contributed by atoms with Crippen molar-refractivity contribution in [3.05, 3.63) is 23.5 Å². The highest BCUT2D eigenvalue weighted by Crippen LogP contribution is 2.24. The number of hydrogen-bond donors (Lipinski definition) is 4. The summed E-state index contributed by atoms with van der Waals surface area (Å²) < 4.78 is 0. The lowest BCUT2D eigenvalue weighted by atomic mass is 9.94. The molecule has 1 aliphatic heterocycles. The van der Waals surface area contributed by atoms with Gasteiger partial charge >= 0.3 is 6.09 Å². The zero-order valence-corrected chi connectivity index (χ0v) is 10.5. The summed E-state index contributed by atoms with van der Waals surface area (Å²) >= 11 is 0. The molecule has 19 heavy (non-hydrogen) atoms. The Balaban J connectivity index is 1.99. The van der Waals surface area contributed by atoms with Crippen molar-refractivity contribution in [1.82, 2.24) is 15.6 Å². The number of aromatic amines is 1. The van der Waals surface area contributed by atoms with E-state index in [-0.39, 0.29) is 11.8 Å². The smallest absolute Gasteiger partial charge is 0.405 e. The van der Waals surface area contributed by atoms with Crippen molar-refractivity contribution in [2.45, 2.75) is 25.3 Å². The van der Waals surface area contributed by atoms with Crippen LogP contribution in [-0.2, 0) is 0 Å². The molecule has 1 aliphatic rings. The van der Waals surface area contributed by atoms with Gasteiger partial charge in [0.2, 0.25) is 0 Å². The van der Waals surface area contributed by atoms with Crippen LogP contribution < -0.4 is 10.6 Å². The van der Waals surface area contributed by atoms with Crippen LogP contribution in [0.15, 0.2) is 12.3 Å². The third kappa shape index (κ3) is 3.07. The van der Waals surface area contributed by atoms with Crippen molar-refractivity contribution < 1.29 is 14.7 Å². The maximum absolute atomic E-state index is 11.6. The Bertz CT molecular complexity index is 553. The molecular weight excluding hydrogens is 246 g/mol. The van der Waals surface area contributed by atoms with Crippen molar-refractivity contribution in [3.63, 3.8) is 0 Å². The van der Waals surface area contributed by atoms with Crippen molar-refractivity contribution in [2.24, 2.45) is 0 Å². The predicted molar refractivity (Wildman–Crippen MR) is 68.9 cm³/mol. The first-order valence-electron chi connectivity index (χ1n) is 6.01. The number of carbonyl (C=O) groups is 2. The lowest BCUT2D eigenvalue weighted by Crippen LogP contribution is -2.34. The summed E-state index contributed by atoms with van der Waals surface area (Å²) in [6.45, 7) is 2.23. The molecule has 1 unspecified atom stereocenters. The van der Waals surface area contributed by atoms with Crippen LogP contribution in [0.4, 0.5) is 4.79 Å². The number of aromatic nitrogens is 1. The van der Waals surface area contributed by atoms with Gasteiger partial charge in [0, 0.05) is 30.8 Å². The van der Waals surface area contributed by atoms with Crippen LogP contribution in [0.3, 0.4) is 0 Å². The fraction of sp³-hybridized carbons (Fsp3) is 0.385. The largest absolute Gasteiger partial charge is 0.465 e.